The number of amides is 4. The number of carboxylic acid groups (broad SMARTS) is 1. The number of carboxylic acids is 1. The van der Waals surface area contributed by atoms with Crippen LogP contribution in [0.5, 0.6) is 0 Å². The van der Waals surface area contributed by atoms with E-state index in [1.165, 1.54) is 0 Å². The average molecular weight is 271 g/mol. The quantitative estimate of drug-likeness (QED) is 0.544. The van der Waals surface area contributed by atoms with E-state index in [-0.39, 0.29) is 19.0 Å². The van der Waals surface area contributed by atoms with Crippen LogP contribution in [0.2, 0.25) is 0 Å². The normalized spacial score (nSPS) is 16.5. The van der Waals surface area contributed by atoms with Crippen LogP contribution >= 0.6 is 0 Å². The third-order valence-electron chi connectivity index (χ3n) is 2.54. The fourth-order valence-corrected chi connectivity index (χ4v) is 1.72. The molecular formula is C11H17N3O5. The van der Waals surface area contributed by atoms with Crippen molar-refractivity contribution in [2.24, 2.45) is 5.92 Å². The Kier molecular flexibility index (Phi) is 4.85. The molecule has 1 rings (SSSR count). The second-order valence-corrected chi connectivity index (χ2v) is 4.80. The van der Waals surface area contributed by atoms with E-state index in [0.29, 0.717) is 6.42 Å². The molecule has 0 aromatic heterocycles. The molecule has 1 heterocycles. The van der Waals surface area contributed by atoms with Gasteiger partial charge >= 0.3 is 12.0 Å². The summed E-state index contributed by atoms with van der Waals surface area (Å²) in [6.45, 7) is 3.16. The maximum atomic E-state index is 11.6. The SMILES string of the molecule is CC(C)C[C@H](NC(=O)CN1CC(=O)NC1=O)C(=O)O. The van der Waals surface area contributed by atoms with E-state index in [1.807, 2.05) is 19.2 Å². The van der Waals surface area contributed by atoms with Gasteiger partial charge in [-0.15, -0.1) is 0 Å². The summed E-state index contributed by atoms with van der Waals surface area (Å²) >= 11 is 0. The van der Waals surface area contributed by atoms with Crippen molar-refractivity contribution >= 4 is 23.8 Å². The third-order valence-corrected chi connectivity index (χ3v) is 2.54. The van der Waals surface area contributed by atoms with Crippen LogP contribution in [0.4, 0.5) is 4.79 Å². The highest BCUT2D eigenvalue weighted by Gasteiger charge is 2.29. The second kappa shape index (κ2) is 6.17. The summed E-state index contributed by atoms with van der Waals surface area (Å²) in [5.41, 5.74) is 0. The number of hydrogen-bond acceptors (Lipinski definition) is 4. The second-order valence-electron chi connectivity index (χ2n) is 4.80. The highest BCUT2D eigenvalue weighted by Crippen LogP contribution is 2.05. The number of carbonyl (C=O) groups excluding carboxylic acids is 3. The minimum Gasteiger partial charge on any atom is -0.480 e. The van der Waals surface area contributed by atoms with Gasteiger partial charge in [0.05, 0.1) is 0 Å². The van der Waals surface area contributed by atoms with Gasteiger partial charge in [-0.2, -0.15) is 0 Å². The lowest BCUT2D eigenvalue weighted by Gasteiger charge is -2.18. The summed E-state index contributed by atoms with van der Waals surface area (Å²) in [4.78, 5) is 45.8. The van der Waals surface area contributed by atoms with Crippen LogP contribution < -0.4 is 10.6 Å². The maximum absolute atomic E-state index is 11.6. The van der Waals surface area contributed by atoms with Gasteiger partial charge < -0.3 is 15.3 Å². The predicted octanol–water partition coefficient (Wildman–Crippen LogP) is -0.846. The minimum absolute atomic E-state index is 0.109. The van der Waals surface area contributed by atoms with Crippen molar-refractivity contribution in [1.29, 1.82) is 0 Å². The number of imide groups is 1. The Morgan fingerprint density at radius 2 is 2.05 bits per heavy atom. The van der Waals surface area contributed by atoms with Crippen LogP contribution in [-0.4, -0.2) is 53.0 Å². The molecule has 0 spiro atoms. The first kappa shape index (κ1) is 14.9. The molecule has 0 bridgehead atoms. The summed E-state index contributed by atoms with van der Waals surface area (Å²) in [7, 11) is 0. The molecule has 8 nitrogen and oxygen atoms in total. The number of carbonyl (C=O) groups is 4. The van der Waals surface area contributed by atoms with E-state index in [2.05, 4.69) is 5.32 Å². The molecule has 0 aromatic carbocycles. The van der Waals surface area contributed by atoms with Crippen LogP contribution in [0.1, 0.15) is 20.3 Å². The average Bonchev–Trinajstić information content (AvgIpc) is 2.55. The van der Waals surface area contributed by atoms with Gasteiger partial charge in [0, 0.05) is 0 Å². The Bertz CT molecular complexity index is 407. The molecule has 1 aliphatic heterocycles. The minimum atomic E-state index is -1.12. The smallest absolute Gasteiger partial charge is 0.326 e. The van der Waals surface area contributed by atoms with Crippen LogP contribution in [0.3, 0.4) is 0 Å². The molecule has 0 unspecified atom stereocenters. The summed E-state index contributed by atoms with van der Waals surface area (Å²) in [5.74, 6) is -2.09. The van der Waals surface area contributed by atoms with E-state index >= 15 is 0 Å². The molecule has 0 aliphatic carbocycles. The van der Waals surface area contributed by atoms with Gasteiger partial charge in [0.15, 0.2) is 0 Å². The lowest BCUT2D eigenvalue weighted by atomic mass is 10.0. The molecule has 19 heavy (non-hydrogen) atoms. The first-order valence-electron chi connectivity index (χ1n) is 5.90. The van der Waals surface area contributed by atoms with Crippen molar-refractivity contribution < 1.29 is 24.3 Å². The lowest BCUT2D eigenvalue weighted by Crippen LogP contribution is -2.46. The van der Waals surface area contributed by atoms with Crippen LogP contribution in [0.25, 0.3) is 0 Å². The summed E-state index contributed by atoms with van der Waals surface area (Å²) in [6, 6.07) is -1.63. The number of nitrogens with one attached hydrogen (secondary N) is 2. The van der Waals surface area contributed by atoms with Gasteiger partial charge in [0.2, 0.25) is 11.8 Å². The predicted molar refractivity (Wildman–Crippen MR) is 64.1 cm³/mol. The van der Waals surface area contributed by atoms with Gasteiger partial charge in [0.25, 0.3) is 0 Å². The van der Waals surface area contributed by atoms with E-state index < -0.39 is 29.9 Å². The van der Waals surface area contributed by atoms with Gasteiger partial charge in [-0.3, -0.25) is 14.9 Å². The summed E-state index contributed by atoms with van der Waals surface area (Å²) < 4.78 is 0. The molecule has 0 aromatic rings. The highest BCUT2D eigenvalue weighted by atomic mass is 16.4. The topological polar surface area (TPSA) is 116 Å². The number of aliphatic carboxylic acids is 1. The molecule has 0 saturated carbocycles. The van der Waals surface area contributed by atoms with E-state index in [1.54, 1.807) is 0 Å². The first-order chi connectivity index (χ1) is 8.79. The Labute approximate surface area is 110 Å². The van der Waals surface area contributed by atoms with Crippen molar-refractivity contribution in [2.45, 2.75) is 26.3 Å². The molecule has 0 radical (unpaired) electrons. The van der Waals surface area contributed by atoms with Crippen molar-refractivity contribution in [3.63, 3.8) is 0 Å². The zero-order valence-electron chi connectivity index (χ0n) is 10.8. The number of rotatable bonds is 6. The molecule has 1 atom stereocenters. The zero-order chi connectivity index (χ0) is 14.6. The van der Waals surface area contributed by atoms with Gasteiger partial charge in [-0.05, 0) is 12.3 Å². The fourth-order valence-electron chi connectivity index (χ4n) is 1.72. The third kappa shape index (κ3) is 4.57. The lowest BCUT2D eigenvalue weighted by molar-refractivity contribution is -0.142. The Morgan fingerprint density at radius 3 is 2.47 bits per heavy atom. The maximum Gasteiger partial charge on any atom is 0.326 e. The molecule has 3 N–H and O–H groups in total. The highest BCUT2D eigenvalue weighted by molar-refractivity contribution is 6.03. The van der Waals surface area contributed by atoms with E-state index in [0.717, 1.165) is 4.90 Å². The monoisotopic (exact) mass is 271 g/mol. The summed E-state index contributed by atoms with van der Waals surface area (Å²) in [6.07, 6.45) is 0.298. The fraction of sp³-hybridized carbons (Fsp3) is 0.636. The molecule has 8 heteroatoms. The van der Waals surface area contributed by atoms with Gasteiger partial charge in [-0.1, -0.05) is 13.8 Å². The Morgan fingerprint density at radius 1 is 1.42 bits per heavy atom. The molecule has 1 fully saturated rings. The molecule has 1 aliphatic rings. The van der Waals surface area contributed by atoms with Gasteiger partial charge in [-0.25, -0.2) is 9.59 Å². The molecule has 4 amide bonds. The van der Waals surface area contributed by atoms with E-state index in [4.69, 9.17) is 5.11 Å². The van der Waals surface area contributed by atoms with Crippen molar-refractivity contribution in [2.75, 3.05) is 13.1 Å². The first-order valence-corrected chi connectivity index (χ1v) is 5.90. The van der Waals surface area contributed by atoms with Gasteiger partial charge in [0.1, 0.15) is 19.1 Å². The standard InChI is InChI=1S/C11H17N3O5/c1-6(2)3-7(10(17)18)12-8(15)4-14-5-9(16)13-11(14)19/h6-7H,3-5H2,1-2H3,(H,12,15)(H,17,18)(H,13,16,19)/t7-/m0/s1. The largest absolute Gasteiger partial charge is 0.480 e. The summed E-state index contributed by atoms with van der Waals surface area (Å²) in [5, 5.41) is 13.3. The molecule has 106 valence electrons. The van der Waals surface area contributed by atoms with Crippen LogP contribution in [0, 0.1) is 5.92 Å². The van der Waals surface area contributed by atoms with Crippen molar-refractivity contribution in [3.05, 3.63) is 0 Å². The molecular weight excluding hydrogens is 254 g/mol. The number of urea groups is 1. The zero-order valence-corrected chi connectivity index (χ0v) is 10.8. The van der Waals surface area contributed by atoms with Crippen molar-refractivity contribution in [3.8, 4) is 0 Å². The number of hydrogen-bond donors (Lipinski definition) is 3. The van der Waals surface area contributed by atoms with E-state index in [9.17, 15) is 19.2 Å². The Balaban J connectivity index is 2.51. The van der Waals surface area contributed by atoms with Crippen LogP contribution in [0.15, 0.2) is 0 Å². The Hall–Kier alpha value is -2.12. The number of nitrogens with zero attached hydrogens (tertiary/aromatic N) is 1. The molecule has 1 saturated heterocycles. The van der Waals surface area contributed by atoms with Crippen LogP contribution in [-0.2, 0) is 14.4 Å². The van der Waals surface area contributed by atoms with Crippen molar-refractivity contribution in [1.82, 2.24) is 15.5 Å².